The molecule has 4 heteroatoms. The highest BCUT2D eigenvalue weighted by Gasteiger charge is 2.28. The summed E-state index contributed by atoms with van der Waals surface area (Å²) in [4.78, 5) is 13.7. The summed E-state index contributed by atoms with van der Waals surface area (Å²) in [6, 6.07) is 0.105. The maximum Gasteiger partial charge on any atom is 0.240 e. The molecule has 0 aromatic heterocycles. The number of likely N-dealkylation sites (tertiary alicyclic amines) is 1. The fourth-order valence-corrected chi connectivity index (χ4v) is 2.64. The molecule has 2 aliphatic rings. The number of carbonyl (C=O) groups excluding carboxylic acids is 1. The van der Waals surface area contributed by atoms with Gasteiger partial charge in [0.15, 0.2) is 0 Å². The van der Waals surface area contributed by atoms with Gasteiger partial charge in [-0.15, -0.1) is 11.8 Å². The van der Waals surface area contributed by atoms with E-state index in [9.17, 15) is 4.79 Å². The number of hydrogen-bond acceptors (Lipinski definition) is 3. The molecule has 0 radical (unpaired) electrons. The Morgan fingerprint density at radius 2 is 2.17 bits per heavy atom. The largest absolute Gasteiger partial charge is 0.341 e. The zero-order valence-electron chi connectivity index (χ0n) is 7.08. The fourth-order valence-electron chi connectivity index (χ4n) is 1.71. The summed E-state index contributed by atoms with van der Waals surface area (Å²) in [5.41, 5.74) is 0. The van der Waals surface area contributed by atoms with E-state index in [1.54, 1.807) is 0 Å². The molecule has 3 nitrogen and oxygen atoms in total. The van der Waals surface area contributed by atoms with E-state index in [-0.39, 0.29) is 6.04 Å². The van der Waals surface area contributed by atoms with Crippen molar-refractivity contribution < 1.29 is 4.79 Å². The van der Waals surface area contributed by atoms with E-state index in [4.69, 9.17) is 0 Å². The van der Waals surface area contributed by atoms with E-state index < -0.39 is 0 Å². The monoisotopic (exact) mass is 186 g/mol. The van der Waals surface area contributed by atoms with E-state index in [1.165, 1.54) is 12.8 Å². The fraction of sp³-hybridized carbons (Fsp3) is 0.875. The number of nitrogens with one attached hydrogen (secondary N) is 1. The van der Waals surface area contributed by atoms with Gasteiger partial charge in [-0.3, -0.25) is 10.1 Å². The summed E-state index contributed by atoms with van der Waals surface area (Å²) < 4.78 is 0. The Hall–Kier alpha value is -0.220. The molecule has 2 saturated heterocycles. The van der Waals surface area contributed by atoms with Crippen molar-refractivity contribution in [3.8, 4) is 0 Å². The molecular weight excluding hydrogens is 172 g/mol. The summed E-state index contributed by atoms with van der Waals surface area (Å²) in [5, 5.41) is 3.20. The number of amides is 1. The van der Waals surface area contributed by atoms with Gasteiger partial charge in [-0.05, 0) is 12.8 Å². The van der Waals surface area contributed by atoms with Gasteiger partial charge in [0.25, 0.3) is 0 Å². The van der Waals surface area contributed by atoms with Gasteiger partial charge in [-0.1, -0.05) is 0 Å². The third kappa shape index (κ3) is 1.59. The van der Waals surface area contributed by atoms with Crippen molar-refractivity contribution in [1.29, 1.82) is 0 Å². The van der Waals surface area contributed by atoms with Crippen molar-refractivity contribution >= 4 is 17.7 Å². The predicted octanol–water partition coefficient (Wildman–Crippen LogP) is 0.271. The minimum Gasteiger partial charge on any atom is -0.341 e. The van der Waals surface area contributed by atoms with Gasteiger partial charge in [0, 0.05) is 24.7 Å². The van der Waals surface area contributed by atoms with E-state index in [0.29, 0.717) is 5.91 Å². The average molecular weight is 186 g/mol. The third-order valence-corrected chi connectivity index (χ3v) is 3.37. The van der Waals surface area contributed by atoms with Crippen LogP contribution in [0, 0.1) is 0 Å². The second-order valence-electron chi connectivity index (χ2n) is 3.30. The predicted molar refractivity (Wildman–Crippen MR) is 50.1 cm³/mol. The van der Waals surface area contributed by atoms with Crippen LogP contribution >= 0.6 is 11.8 Å². The molecule has 1 N–H and O–H groups in total. The van der Waals surface area contributed by atoms with E-state index in [0.717, 1.165) is 24.7 Å². The number of carbonyl (C=O) groups is 1. The number of rotatable bonds is 1. The third-order valence-electron chi connectivity index (χ3n) is 2.43. The van der Waals surface area contributed by atoms with E-state index in [2.05, 4.69) is 5.32 Å². The van der Waals surface area contributed by atoms with Crippen molar-refractivity contribution in [2.75, 3.05) is 24.7 Å². The van der Waals surface area contributed by atoms with Crippen LogP contribution in [0.4, 0.5) is 0 Å². The number of hydrogen-bond donors (Lipinski definition) is 1. The van der Waals surface area contributed by atoms with Crippen LogP contribution in [0.1, 0.15) is 12.8 Å². The van der Waals surface area contributed by atoms with Crippen LogP contribution in [0.25, 0.3) is 0 Å². The molecule has 0 saturated carbocycles. The molecule has 0 aromatic carbocycles. The average Bonchev–Trinajstić information content (AvgIpc) is 2.77. The van der Waals surface area contributed by atoms with Crippen LogP contribution in [0.5, 0.6) is 0 Å². The maximum absolute atomic E-state index is 11.7. The Morgan fingerprint density at radius 1 is 1.42 bits per heavy atom. The molecular formula is C8H14N2OS. The van der Waals surface area contributed by atoms with E-state index in [1.807, 2.05) is 16.7 Å². The van der Waals surface area contributed by atoms with Gasteiger partial charge >= 0.3 is 0 Å². The van der Waals surface area contributed by atoms with Gasteiger partial charge in [0.05, 0.1) is 6.04 Å². The lowest BCUT2D eigenvalue weighted by Gasteiger charge is -2.19. The topological polar surface area (TPSA) is 32.3 Å². The van der Waals surface area contributed by atoms with Crippen LogP contribution in [0.3, 0.4) is 0 Å². The molecule has 2 fully saturated rings. The molecule has 12 heavy (non-hydrogen) atoms. The van der Waals surface area contributed by atoms with Gasteiger partial charge in [-0.25, -0.2) is 0 Å². The first-order chi connectivity index (χ1) is 5.88. The molecule has 2 rings (SSSR count). The second kappa shape index (κ2) is 3.66. The lowest BCUT2D eigenvalue weighted by Crippen LogP contribution is -2.43. The molecule has 0 aliphatic carbocycles. The number of nitrogens with zero attached hydrogens (tertiary/aromatic N) is 1. The summed E-state index contributed by atoms with van der Waals surface area (Å²) in [6.45, 7) is 1.95. The van der Waals surface area contributed by atoms with Gasteiger partial charge in [-0.2, -0.15) is 0 Å². The molecule has 1 amide bonds. The summed E-state index contributed by atoms with van der Waals surface area (Å²) in [7, 11) is 0. The van der Waals surface area contributed by atoms with Crippen LogP contribution in [0.15, 0.2) is 0 Å². The Morgan fingerprint density at radius 3 is 2.75 bits per heavy atom. The first-order valence-corrected chi connectivity index (χ1v) is 5.63. The standard InChI is InChI=1S/C8H14N2OS/c11-8(7-5-12-6-9-7)10-3-1-2-4-10/h7,9H,1-6H2. The maximum atomic E-state index is 11.7. The van der Waals surface area contributed by atoms with Crippen molar-refractivity contribution in [2.24, 2.45) is 0 Å². The molecule has 68 valence electrons. The minimum absolute atomic E-state index is 0.105. The molecule has 1 atom stereocenters. The zero-order valence-corrected chi connectivity index (χ0v) is 7.90. The quantitative estimate of drug-likeness (QED) is 0.638. The van der Waals surface area contributed by atoms with Gasteiger partial charge < -0.3 is 4.90 Å². The molecule has 2 heterocycles. The number of thioether (sulfide) groups is 1. The van der Waals surface area contributed by atoms with Crippen molar-refractivity contribution in [3.05, 3.63) is 0 Å². The molecule has 0 aromatic rings. The minimum atomic E-state index is 0.105. The summed E-state index contributed by atoms with van der Waals surface area (Å²) in [5.74, 6) is 2.21. The SMILES string of the molecule is O=C(C1CSCN1)N1CCCC1. The van der Waals surface area contributed by atoms with Gasteiger partial charge in [0.1, 0.15) is 0 Å². The lowest BCUT2D eigenvalue weighted by molar-refractivity contribution is -0.131. The second-order valence-corrected chi connectivity index (χ2v) is 4.33. The highest BCUT2D eigenvalue weighted by Crippen LogP contribution is 2.15. The summed E-state index contributed by atoms with van der Waals surface area (Å²) in [6.07, 6.45) is 2.37. The molecule has 0 spiro atoms. The van der Waals surface area contributed by atoms with Crippen LogP contribution in [-0.2, 0) is 4.79 Å². The molecule has 0 bridgehead atoms. The van der Waals surface area contributed by atoms with Crippen LogP contribution in [-0.4, -0.2) is 41.6 Å². The summed E-state index contributed by atoms with van der Waals surface area (Å²) >= 11 is 1.81. The molecule has 2 aliphatic heterocycles. The Bertz CT molecular complexity index is 156. The van der Waals surface area contributed by atoms with Crippen molar-refractivity contribution in [2.45, 2.75) is 18.9 Å². The Kier molecular flexibility index (Phi) is 2.56. The van der Waals surface area contributed by atoms with E-state index >= 15 is 0 Å². The van der Waals surface area contributed by atoms with Crippen molar-refractivity contribution in [3.63, 3.8) is 0 Å². The lowest BCUT2D eigenvalue weighted by atomic mass is 10.3. The van der Waals surface area contributed by atoms with Crippen LogP contribution in [0.2, 0.25) is 0 Å². The Labute approximate surface area is 76.9 Å². The first-order valence-electron chi connectivity index (χ1n) is 4.48. The first kappa shape index (κ1) is 8.38. The van der Waals surface area contributed by atoms with Crippen LogP contribution < -0.4 is 5.32 Å². The highest BCUT2D eigenvalue weighted by molar-refractivity contribution is 7.99. The van der Waals surface area contributed by atoms with Gasteiger partial charge in [0.2, 0.25) is 5.91 Å². The highest BCUT2D eigenvalue weighted by atomic mass is 32.2. The zero-order chi connectivity index (χ0) is 8.39. The smallest absolute Gasteiger partial charge is 0.240 e. The van der Waals surface area contributed by atoms with Crippen molar-refractivity contribution in [1.82, 2.24) is 10.2 Å². The molecule has 1 unspecified atom stereocenters. The Balaban J connectivity index is 1.89. The normalized spacial score (nSPS) is 29.7.